The number of likely N-dealkylation sites (tertiary alicyclic amines) is 1. The Hall–Kier alpha value is -4.86. The number of aromatic nitrogens is 3. The number of H-pyrrole nitrogens is 1. The smallest absolute Gasteiger partial charge is 0.410 e. The minimum absolute atomic E-state index is 0.0309. The average Bonchev–Trinajstić information content (AvgIpc) is 3.39. The number of amides is 1. The molecule has 1 atom stereocenters. The predicted molar refractivity (Wildman–Crippen MR) is 156 cm³/mol. The molecule has 1 fully saturated rings. The zero-order valence-electron chi connectivity index (χ0n) is 23.7. The highest BCUT2D eigenvalue weighted by Crippen LogP contribution is 2.27. The van der Waals surface area contributed by atoms with Crippen molar-refractivity contribution >= 4 is 12.1 Å². The van der Waals surface area contributed by atoms with E-state index < -0.39 is 18.2 Å². The standard InChI is InChI=1S/C32H34N4O6/c1-21-17-24(18-22(2)28(21)41-20-23-9-5-3-6-10-23)19-27(30(37)38)42-32(40)35-15-13-26(14-16-35)36-31(39)33-29(34-36)25-11-7-4-8-12-25/h3-12,17-18,26-27H,13-16,19-20H2,1-2H3,(H,37,38)(H,33,34,39). The van der Waals surface area contributed by atoms with Gasteiger partial charge in [-0.15, -0.1) is 5.10 Å². The van der Waals surface area contributed by atoms with Crippen LogP contribution in [0.15, 0.2) is 77.6 Å². The van der Waals surface area contributed by atoms with Gasteiger partial charge in [0.25, 0.3) is 0 Å². The number of aryl methyl sites for hydroxylation is 2. The maximum atomic E-state index is 12.9. The molecule has 2 heterocycles. The first-order valence-electron chi connectivity index (χ1n) is 14.0. The van der Waals surface area contributed by atoms with Crippen LogP contribution in [0.25, 0.3) is 11.4 Å². The van der Waals surface area contributed by atoms with Crippen LogP contribution in [-0.4, -0.2) is 56.0 Å². The molecule has 1 unspecified atom stereocenters. The van der Waals surface area contributed by atoms with E-state index in [1.807, 2.05) is 86.6 Å². The first-order valence-corrected chi connectivity index (χ1v) is 14.0. The monoisotopic (exact) mass is 570 g/mol. The Bertz CT molecular complexity index is 1570. The van der Waals surface area contributed by atoms with Crippen molar-refractivity contribution in [1.29, 1.82) is 0 Å². The van der Waals surface area contributed by atoms with E-state index in [0.29, 0.717) is 38.4 Å². The van der Waals surface area contributed by atoms with Gasteiger partial charge in [-0.2, -0.15) is 0 Å². The second kappa shape index (κ2) is 12.8. The summed E-state index contributed by atoms with van der Waals surface area (Å²) in [5, 5.41) is 14.3. The van der Waals surface area contributed by atoms with E-state index >= 15 is 0 Å². The second-order valence-corrected chi connectivity index (χ2v) is 10.6. The summed E-state index contributed by atoms with van der Waals surface area (Å²) in [6.07, 6.45) is -1.00. The van der Waals surface area contributed by atoms with Gasteiger partial charge >= 0.3 is 17.8 Å². The summed E-state index contributed by atoms with van der Waals surface area (Å²) in [5.74, 6) is 0.0312. The van der Waals surface area contributed by atoms with Crippen LogP contribution in [0, 0.1) is 13.8 Å². The fourth-order valence-corrected chi connectivity index (χ4v) is 5.31. The van der Waals surface area contributed by atoms with Crippen molar-refractivity contribution in [2.24, 2.45) is 0 Å². The molecule has 1 aromatic heterocycles. The van der Waals surface area contributed by atoms with E-state index in [4.69, 9.17) is 9.47 Å². The van der Waals surface area contributed by atoms with Gasteiger partial charge < -0.3 is 19.5 Å². The molecule has 1 saturated heterocycles. The lowest BCUT2D eigenvalue weighted by Gasteiger charge is -2.31. The number of aromatic amines is 1. The molecule has 0 saturated carbocycles. The topological polar surface area (TPSA) is 127 Å². The first kappa shape index (κ1) is 28.7. The zero-order chi connectivity index (χ0) is 29.6. The first-order chi connectivity index (χ1) is 20.3. The van der Waals surface area contributed by atoms with Gasteiger partial charge in [0, 0.05) is 25.1 Å². The van der Waals surface area contributed by atoms with Crippen molar-refractivity contribution in [3.05, 3.63) is 106 Å². The molecular weight excluding hydrogens is 536 g/mol. The number of aliphatic carboxylic acids is 1. The summed E-state index contributed by atoms with van der Waals surface area (Å²) in [6, 6.07) is 22.8. The van der Waals surface area contributed by atoms with E-state index in [1.165, 1.54) is 9.58 Å². The van der Waals surface area contributed by atoms with E-state index in [0.717, 1.165) is 33.6 Å². The fourth-order valence-electron chi connectivity index (χ4n) is 5.31. The van der Waals surface area contributed by atoms with Gasteiger partial charge in [0.2, 0.25) is 6.10 Å². The molecule has 3 aromatic carbocycles. The van der Waals surface area contributed by atoms with E-state index in [2.05, 4.69) is 10.1 Å². The molecule has 1 amide bonds. The number of carboxylic acid groups (broad SMARTS) is 1. The zero-order valence-corrected chi connectivity index (χ0v) is 23.7. The summed E-state index contributed by atoms with van der Waals surface area (Å²) in [6.45, 7) is 4.90. The summed E-state index contributed by atoms with van der Waals surface area (Å²) in [4.78, 5) is 41.8. The highest BCUT2D eigenvalue weighted by Gasteiger charge is 2.30. The lowest BCUT2D eigenvalue weighted by molar-refractivity contribution is -0.147. The normalized spacial score (nSPS) is 14.4. The molecule has 5 rings (SSSR count). The van der Waals surface area contributed by atoms with Crippen molar-refractivity contribution in [1.82, 2.24) is 19.7 Å². The summed E-state index contributed by atoms with van der Waals surface area (Å²) >= 11 is 0. The summed E-state index contributed by atoms with van der Waals surface area (Å²) in [7, 11) is 0. The molecule has 4 aromatic rings. The van der Waals surface area contributed by atoms with Gasteiger partial charge in [-0.05, 0) is 48.9 Å². The third-order valence-electron chi connectivity index (χ3n) is 7.44. The summed E-state index contributed by atoms with van der Waals surface area (Å²) in [5.41, 5.74) is 4.06. The van der Waals surface area contributed by atoms with Gasteiger partial charge in [-0.3, -0.25) is 4.98 Å². The van der Waals surface area contributed by atoms with Crippen LogP contribution >= 0.6 is 0 Å². The van der Waals surface area contributed by atoms with E-state index in [1.54, 1.807) is 0 Å². The van der Waals surface area contributed by atoms with E-state index in [9.17, 15) is 19.5 Å². The van der Waals surface area contributed by atoms with Crippen LogP contribution in [0.4, 0.5) is 4.79 Å². The van der Waals surface area contributed by atoms with Gasteiger partial charge in [-0.25, -0.2) is 19.1 Å². The van der Waals surface area contributed by atoms with Crippen molar-refractivity contribution in [3.8, 4) is 17.1 Å². The molecule has 2 N–H and O–H groups in total. The maximum absolute atomic E-state index is 12.9. The van der Waals surface area contributed by atoms with Crippen LogP contribution in [-0.2, 0) is 22.6 Å². The van der Waals surface area contributed by atoms with Gasteiger partial charge in [0.1, 0.15) is 12.4 Å². The number of piperidine rings is 1. The number of nitrogens with one attached hydrogen (secondary N) is 1. The number of rotatable bonds is 9. The Balaban J connectivity index is 1.18. The molecule has 0 spiro atoms. The molecule has 0 bridgehead atoms. The number of nitrogens with zero attached hydrogens (tertiary/aromatic N) is 3. The number of benzene rings is 3. The second-order valence-electron chi connectivity index (χ2n) is 10.6. The van der Waals surface area contributed by atoms with Crippen molar-refractivity contribution in [2.45, 2.75) is 51.9 Å². The largest absolute Gasteiger partial charge is 0.488 e. The molecule has 0 radical (unpaired) electrons. The Morgan fingerprint density at radius 2 is 1.60 bits per heavy atom. The number of carbonyl (C=O) groups is 2. The number of carboxylic acids is 1. The quantitative estimate of drug-likeness (QED) is 0.293. The Morgan fingerprint density at radius 3 is 2.21 bits per heavy atom. The molecule has 1 aliphatic heterocycles. The lowest BCUT2D eigenvalue weighted by Crippen LogP contribution is -2.43. The third kappa shape index (κ3) is 6.71. The summed E-state index contributed by atoms with van der Waals surface area (Å²) < 4.78 is 12.9. The molecular formula is C32H34N4O6. The fraction of sp³-hybridized carbons (Fsp3) is 0.312. The number of hydrogen-bond acceptors (Lipinski definition) is 6. The molecule has 218 valence electrons. The minimum atomic E-state index is -1.34. The highest BCUT2D eigenvalue weighted by atomic mass is 16.6. The Kier molecular flexibility index (Phi) is 8.71. The van der Waals surface area contributed by atoms with Crippen LogP contribution in [0.5, 0.6) is 5.75 Å². The van der Waals surface area contributed by atoms with Crippen LogP contribution in [0.1, 0.15) is 41.1 Å². The molecule has 0 aliphatic carbocycles. The number of ether oxygens (including phenoxy) is 2. The van der Waals surface area contributed by atoms with Crippen LogP contribution in [0.2, 0.25) is 0 Å². The van der Waals surface area contributed by atoms with Crippen molar-refractivity contribution in [3.63, 3.8) is 0 Å². The maximum Gasteiger partial charge on any atom is 0.410 e. The van der Waals surface area contributed by atoms with Crippen LogP contribution < -0.4 is 10.4 Å². The SMILES string of the molecule is Cc1cc(CC(OC(=O)N2CCC(n3nc(-c4ccccc4)[nH]c3=O)CC2)C(=O)O)cc(C)c1OCc1ccccc1. The minimum Gasteiger partial charge on any atom is -0.488 e. The van der Waals surface area contributed by atoms with Gasteiger partial charge in [0.15, 0.2) is 5.82 Å². The molecule has 10 heteroatoms. The Labute approximate surface area is 243 Å². The predicted octanol–water partition coefficient (Wildman–Crippen LogP) is 4.90. The third-order valence-corrected chi connectivity index (χ3v) is 7.44. The molecule has 10 nitrogen and oxygen atoms in total. The molecule has 1 aliphatic rings. The van der Waals surface area contributed by atoms with Gasteiger partial charge in [0.05, 0.1) is 6.04 Å². The van der Waals surface area contributed by atoms with Gasteiger partial charge in [-0.1, -0.05) is 72.8 Å². The molecule has 42 heavy (non-hydrogen) atoms. The van der Waals surface area contributed by atoms with Crippen molar-refractivity contribution < 1.29 is 24.2 Å². The lowest BCUT2D eigenvalue weighted by atomic mass is 10.0. The van der Waals surface area contributed by atoms with Crippen molar-refractivity contribution in [2.75, 3.05) is 13.1 Å². The number of carbonyl (C=O) groups excluding carboxylic acids is 1. The Morgan fingerprint density at radius 1 is 0.976 bits per heavy atom. The van der Waals surface area contributed by atoms with Crippen LogP contribution in [0.3, 0.4) is 0 Å². The average molecular weight is 571 g/mol. The highest BCUT2D eigenvalue weighted by molar-refractivity contribution is 5.77. The van der Waals surface area contributed by atoms with E-state index in [-0.39, 0.29) is 18.2 Å². The number of hydrogen-bond donors (Lipinski definition) is 2.